The molecule has 0 saturated carbocycles. The quantitative estimate of drug-likeness (QED) is 0.825. The molecule has 2 amide bonds. The second kappa shape index (κ2) is 5.92. The van der Waals surface area contributed by atoms with Crippen LogP contribution >= 0.6 is 23.1 Å². The molecule has 2 rings (SSSR count). The molecule has 0 aliphatic carbocycles. The molecule has 1 aromatic rings. The molecule has 0 radical (unpaired) electrons. The molecule has 6 nitrogen and oxygen atoms in total. The Morgan fingerprint density at radius 1 is 1.55 bits per heavy atom. The van der Waals surface area contributed by atoms with Gasteiger partial charge in [0.25, 0.3) is 0 Å². The molecule has 1 saturated heterocycles. The molecule has 20 heavy (non-hydrogen) atoms. The molecule has 0 aromatic carbocycles. The first-order valence-electron chi connectivity index (χ1n) is 6.11. The standard InChI is InChI=1S/C12H14N2O4S2/c1-3-14-9(15)4-8(11(14)18)20-12-13-6(2)7(19-12)5-10(16)17/h8H,3-5H2,1-2H3,(H,16,17). The lowest BCUT2D eigenvalue weighted by atomic mass is 10.3. The van der Waals surface area contributed by atoms with Gasteiger partial charge in [0.1, 0.15) is 0 Å². The average Bonchev–Trinajstić information content (AvgIpc) is 2.81. The Morgan fingerprint density at radius 2 is 2.25 bits per heavy atom. The van der Waals surface area contributed by atoms with Crippen LogP contribution in [0.3, 0.4) is 0 Å². The summed E-state index contributed by atoms with van der Waals surface area (Å²) < 4.78 is 0.642. The Morgan fingerprint density at radius 3 is 2.80 bits per heavy atom. The minimum absolute atomic E-state index is 0.0668. The number of rotatable bonds is 5. The van der Waals surface area contributed by atoms with Gasteiger partial charge in [0, 0.05) is 17.8 Å². The van der Waals surface area contributed by atoms with E-state index in [4.69, 9.17) is 5.11 Å². The molecule has 1 unspecified atom stereocenters. The van der Waals surface area contributed by atoms with Crippen LogP contribution in [-0.2, 0) is 20.8 Å². The number of aliphatic carboxylic acids is 1. The Hall–Kier alpha value is -1.41. The normalized spacial score (nSPS) is 18.9. The first-order chi connectivity index (χ1) is 9.42. The third-order valence-electron chi connectivity index (χ3n) is 2.95. The SMILES string of the molecule is CCN1C(=O)CC(Sc2nc(C)c(CC(=O)O)s2)C1=O. The van der Waals surface area contributed by atoms with Crippen molar-refractivity contribution < 1.29 is 19.5 Å². The van der Waals surface area contributed by atoms with Gasteiger partial charge in [0.05, 0.1) is 17.4 Å². The van der Waals surface area contributed by atoms with Gasteiger partial charge in [-0.3, -0.25) is 19.3 Å². The topological polar surface area (TPSA) is 87.6 Å². The van der Waals surface area contributed by atoms with Crippen LogP contribution in [0.15, 0.2) is 4.34 Å². The van der Waals surface area contributed by atoms with Crippen LogP contribution in [0, 0.1) is 6.92 Å². The summed E-state index contributed by atoms with van der Waals surface area (Å²) in [5, 5.41) is 8.36. The summed E-state index contributed by atoms with van der Waals surface area (Å²) in [6, 6.07) is 0. The van der Waals surface area contributed by atoms with E-state index in [1.807, 2.05) is 0 Å². The summed E-state index contributed by atoms with van der Waals surface area (Å²) in [6.45, 7) is 3.90. The molecule has 2 heterocycles. The lowest BCUT2D eigenvalue weighted by Gasteiger charge is -2.10. The number of carboxylic acids is 1. The predicted molar refractivity (Wildman–Crippen MR) is 74.8 cm³/mol. The van der Waals surface area contributed by atoms with Crippen LogP contribution in [0.5, 0.6) is 0 Å². The van der Waals surface area contributed by atoms with Crippen molar-refractivity contribution in [3.8, 4) is 0 Å². The fourth-order valence-electron chi connectivity index (χ4n) is 1.95. The van der Waals surface area contributed by atoms with Crippen molar-refractivity contribution in [3.05, 3.63) is 10.6 Å². The van der Waals surface area contributed by atoms with Crippen molar-refractivity contribution in [1.82, 2.24) is 9.88 Å². The number of carbonyl (C=O) groups is 3. The number of hydrogen-bond acceptors (Lipinski definition) is 6. The Labute approximate surface area is 124 Å². The molecular formula is C12H14N2O4S2. The van der Waals surface area contributed by atoms with E-state index >= 15 is 0 Å². The van der Waals surface area contributed by atoms with Crippen LogP contribution in [0.1, 0.15) is 23.9 Å². The molecule has 0 spiro atoms. The molecule has 0 bridgehead atoms. The molecule has 1 atom stereocenters. The molecular weight excluding hydrogens is 300 g/mol. The van der Waals surface area contributed by atoms with Crippen LogP contribution in [0.25, 0.3) is 0 Å². The van der Waals surface area contributed by atoms with Gasteiger partial charge >= 0.3 is 5.97 Å². The average molecular weight is 314 g/mol. The van der Waals surface area contributed by atoms with Crippen molar-refractivity contribution >= 4 is 40.9 Å². The number of aryl methyl sites for hydroxylation is 1. The first kappa shape index (κ1) is 15.0. The van der Waals surface area contributed by atoms with Crippen LogP contribution in [0.2, 0.25) is 0 Å². The Balaban J connectivity index is 2.09. The van der Waals surface area contributed by atoms with E-state index in [1.54, 1.807) is 13.8 Å². The number of likely N-dealkylation sites (tertiary alicyclic amines) is 1. The van der Waals surface area contributed by atoms with Crippen molar-refractivity contribution in [1.29, 1.82) is 0 Å². The number of amides is 2. The summed E-state index contributed by atoms with van der Waals surface area (Å²) in [5.74, 6) is -1.25. The molecule has 1 fully saturated rings. The number of nitrogens with zero attached hydrogens (tertiary/aromatic N) is 2. The maximum atomic E-state index is 12.0. The molecule has 108 valence electrons. The zero-order valence-corrected chi connectivity index (χ0v) is 12.7. The highest BCUT2D eigenvalue weighted by molar-refractivity contribution is 8.02. The number of aromatic nitrogens is 1. The van der Waals surface area contributed by atoms with Gasteiger partial charge in [-0.15, -0.1) is 11.3 Å². The van der Waals surface area contributed by atoms with Gasteiger partial charge < -0.3 is 5.11 Å². The van der Waals surface area contributed by atoms with Crippen molar-refractivity contribution in [2.24, 2.45) is 0 Å². The second-order valence-corrected chi connectivity index (χ2v) is 6.88. The minimum Gasteiger partial charge on any atom is -0.481 e. The van der Waals surface area contributed by atoms with Crippen LogP contribution in [0.4, 0.5) is 0 Å². The Bertz CT molecular complexity index is 570. The zero-order chi connectivity index (χ0) is 14.9. The van der Waals surface area contributed by atoms with Crippen LogP contribution in [-0.4, -0.2) is 44.6 Å². The van der Waals surface area contributed by atoms with Gasteiger partial charge in [-0.25, -0.2) is 4.98 Å². The maximum Gasteiger partial charge on any atom is 0.308 e. The van der Waals surface area contributed by atoms with E-state index in [2.05, 4.69) is 4.98 Å². The number of carboxylic acid groups (broad SMARTS) is 1. The van der Waals surface area contributed by atoms with Crippen molar-refractivity contribution in [2.75, 3.05) is 6.54 Å². The fraction of sp³-hybridized carbons (Fsp3) is 0.500. The van der Waals surface area contributed by atoms with E-state index in [1.165, 1.54) is 28.0 Å². The Kier molecular flexibility index (Phi) is 4.44. The highest BCUT2D eigenvalue weighted by Crippen LogP contribution is 2.35. The van der Waals surface area contributed by atoms with Crippen molar-refractivity contribution in [2.45, 2.75) is 36.3 Å². The lowest BCUT2D eigenvalue weighted by Crippen LogP contribution is -2.30. The van der Waals surface area contributed by atoms with E-state index < -0.39 is 11.2 Å². The largest absolute Gasteiger partial charge is 0.481 e. The minimum atomic E-state index is -0.905. The number of hydrogen-bond donors (Lipinski definition) is 1. The maximum absolute atomic E-state index is 12.0. The first-order valence-corrected chi connectivity index (χ1v) is 7.81. The summed E-state index contributed by atoms with van der Waals surface area (Å²) >= 11 is 2.52. The van der Waals surface area contributed by atoms with Gasteiger partial charge in [0.15, 0.2) is 4.34 Å². The van der Waals surface area contributed by atoms with Gasteiger partial charge in [-0.2, -0.15) is 0 Å². The molecule has 1 N–H and O–H groups in total. The number of imide groups is 1. The highest BCUT2D eigenvalue weighted by atomic mass is 32.2. The van der Waals surface area contributed by atoms with E-state index in [0.29, 0.717) is 21.5 Å². The summed E-state index contributed by atoms with van der Waals surface area (Å²) in [7, 11) is 0. The summed E-state index contributed by atoms with van der Waals surface area (Å²) in [5.41, 5.74) is 0.670. The zero-order valence-electron chi connectivity index (χ0n) is 11.1. The van der Waals surface area contributed by atoms with Crippen LogP contribution < -0.4 is 0 Å². The smallest absolute Gasteiger partial charge is 0.308 e. The third-order valence-corrected chi connectivity index (χ3v) is 5.38. The third kappa shape index (κ3) is 3.01. The van der Waals surface area contributed by atoms with Gasteiger partial charge in [0.2, 0.25) is 11.8 Å². The second-order valence-electron chi connectivity index (χ2n) is 4.35. The summed E-state index contributed by atoms with van der Waals surface area (Å²) in [6.07, 6.45) is 0.118. The van der Waals surface area contributed by atoms with Crippen molar-refractivity contribution in [3.63, 3.8) is 0 Å². The predicted octanol–water partition coefficient (Wildman–Crippen LogP) is 1.32. The molecule has 1 aromatic heterocycles. The number of thiazole rings is 1. The van der Waals surface area contributed by atoms with Gasteiger partial charge in [-0.05, 0) is 13.8 Å². The van der Waals surface area contributed by atoms with Gasteiger partial charge in [-0.1, -0.05) is 11.8 Å². The monoisotopic (exact) mass is 314 g/mol. The number of thioether (sulfide) groups is 1. The fourth-order valence-corrected chi connectivity index (χ4v) is 4.46. The van der Waals surface area contributed by atoms with E-state index in [0.717, 1.165) is 0 Å². The summed E-state index contributed by atoms with van der Waals surface area (Å²) in [4.78, 5) is 40.5. The van der Waals surface area contributed by atoms with E-state index in [9.17, 15) is 14.4 Å². The number of carbonyl (C=O) groups excluding carboxylic acids is 2. The highest BCUT2D eigenvalue weighted by Gasteiger charge is 2.38. The molecule has 8 heteroatoms. The molecule has 1 aliphatic rings. The molecule has 1 aliphatic heterocycles. The lowest BCUT2D eigenvalue weighted by molar-refractivity contribution is -0.138. The van der Waals surface area contributed by atoms with E-state index in [-0.39, 0.29) is 24.7 Å².